The Hall–Kier alpha value is -1.32. The van der Waals surface area contributed by atoms with Crippen molar-refractivity contribution >= 4 is 5.82 Å². The van der Waals surface area contributed by atoms with Crippen LogP contribution in [0.25, 0.3) is 0 Å². The fourth-order valence-corrected chi connectivity index (χ4v) is 2.57. The van der Waals surface area contributed by atoms with Crippen LogP contribution < -0.4 is 10.1 Å². The Bertz CT molecular complexity index is 362. The lowest BCUT2D eigenvalue weighted by Gasteiger charge is -2.26. The molecule has 4 nitrogen and oxygen atoms in total. The average molecular weight is 249 g/mol. The molecule has 0 aliphatic heterocycles. The monoisotopic (exact) mass is 249 g/mol. The third-order valence-electron chi connectivity index (χ3n) is 3.85. The van der Waals surface area contributed by atoms with Gasteiger partial charge in [-0.05, 0) is 18.3 Å². The first-order chi connectivity index (χ1) is 8.78. The van der Waals surface area contributed by atoms with Crippen molar-refractivity contribution in [2.75, 3.05) is 19.0 Å². The molecule has 0 aromatic carbocycles. The molecule has 0 amide bonds. The Morgan fingerprint density at radius 2 is 2.06 bits per heavy atom. The summed E-state index contributed by atoms with van der Waals surface area (Å²) in [5.41, 5.74) is 0. The summed E-state index contributed by atoms with van der Waals surface area (Å²) in [4.78, 5) is 8.17. The van der Waals surface area contributed by atoms with E-state index in [0.717, 1.165) is 24.2 Å². The maximum atomic E-state index is 5.07. The van der Waals surface area contributed by atoms with E-state index < -0.39 is 0 Å². The number of ether oxygens (including phenoxy) is 1. The van der Waals surface area contributed by atoms with Gasteiger partial charge >= 0.3 is 0 Å². The summed E-state index contributed by atoms with van der Waals surface area (Å²) in [6, 6.07) is 1.84. The van der Waals surface area contributed by atoms with Gasteiger partial charge in [0.25, 0.3) is 0 Å². The van der Waals surface area contributed by atoms with Gasteiger partial charge in [-0.1, -0.05) is 32.6 Å². The molecule has 1 aromatic rings. The van der Waals surface area contributed by atoms with Crippen molar-refractivity contribution in [1.82, 2.24) is 9.97 Å². The lowest BCUT2D eigenvalue weighted by Crippen LogP contribution is -2.16. The molecule has 0 unspecified atom stereocenters. The molecule has 1 aliphatic carbocycles. The van der Waals surface area contributed by atoms with Crippen LogP contribution in [-0.4, -0.2) is 23.6 Å². The van der Waals surface area contributed by atoms with Crippen LogP contribution >= 0.6 is 0 Å². The predicted octanol–water partition coefficient (Wildman–Crippen LogP) is 3.11. The second-order valence-electron chi connectivity index (χ2n) is 5.29. The topological polar surface area (TPSA) is 47.0 Å². The first-order valence-electron chi connectivity index (χ1n) is 6.88. The number of anilines is 1. The highest BCUT2D eigenvalue weighted by molar-refractivity contribution is 5.36. The summed E-state index contributed by atoms with van der Waals surface area (Å²) in [7, 11) is 1.62. The molecule has 0 spiro atoms. The Morgan fingerprint density at radius 1 is 1.28 bits per heavy atom. The molecule has 18 heavy (non-hydrogen) atoms. The highest BCUT2D eigenvalue weighted by Crippen LogP contribution is 2.30. The van der Waals surface area contributed by atoms with Crippen LogP contribution in [0.5, 0.6) is 5.88 Å². The minimum atomic E-state index is 0.610. The maximum Gasteiger partial charge on any atom is 0.218 e. The SMILES string of the molecule is COc1cc(NCCC2CCC(C)CC2)ncn1. The second-order valence-corrected chi connectivity index (χ2v) is 5.29. The van der Waals surface area contributed by atoms with E-state index in [1.165, 1.54) is 38.4 Å². The van der Waals surface area contributed by atoms with Crippen LogP contribution in [0.15, 0.2) is 12.4 Å². The van der Waals surface area contributed by atoms with E-state index in [0.29, 0.717) is 5.88 Å². The van der Waals surface area contributed by atoms with Gasteiger partial charge in [0.15, 0.2) is 0 Å². The van der Waals surface area contributed by atoms with Gasteiger partial charge < -0.3 is 10.1 Å². The van der Waals surface area contributed by atoms with E-state index >= 15 is 0 Å². The Labute approximate surface area is 109 Å². The average Bonchev–Trinajstić information content (AvgIpc) is 2.41. The largest absolute Gasteiger partial charge is 0.481 e. The zero-order valence-corrected chi connectivity index (χ0v) is 11.4. The van der Waals surface area contributed by atoms with Crippen LogP contribution in [0.3, 0.4) is 0 Å². The first kappa shape index (κ1) is 13.1. The van der Waals surface area contributed by atoms with Crippen LogP contribution in [0.1, 0.15) is 39.0 Å². The Morgan fingerprint density at radius 3 is 2.78 bits per heavy atom. The van der Waals surface area contributed by atoms with Crippen molar-refractivity contribution in [2.45, 2.75) is 39.0 Å². The number of nitrogens with zero attached hydrogens (tertiary/aromatic N) is 2. The van der Waals surface area contributed by atoms with Crippen molar-refractivity contribution in [1.29, 1.82) is 0 Å². The number of hydrogen-bond acceptors (Lipinski definition) is 4. The van der Waals surface area contributed by atoms with Crippen LogP contribution in [0, 0.1) is 11.8 Å². The second kappa shape index (κ2) is 6.57. The third kappa shape index (κ3) is 3.86. The van der Waals surface area contributed by atoms with E-state index in [2.05, 4.69) is 22.2 Å². The standard InChI is InChI=1S/C14H23N3O/c1-11-3-5-12(6-4-11)7-8-15-13-9-14(18-2)17-10-16-13/h9-12H,3-8H2,1-2H3,(H,15,16,17). The quantitative estimate of drug-likeness (QED) is 0.871. The molecule has 0 bridgehead atoms. The smallest absolute Gasteiger partial charge is 0.218 e. The summed E-state index contributed by atoms with van der Waals surface area (Å²) in [5, 5.41) is 3.35. The molecule has 2 rings (SSSR count). The lowest BCUT2D eigenvalue weighted by molar-refractivity contribution is 0.282. The van der Waals surface area contributed by atoms with Crippen LogP contribution in [-0.2, 0) is 0 Å². The molecule has 1 aromatic heterocycles. The number of nitrogens with one attached hydrogen (secondary N) is 1. The zero-order chi connectivity index (χ0) is 12.8. The summed E-state index contributed by atoms with van der Waals surface area (Å²) in [5.74, 6) is 3.28. The molecule has 1 N–H and O–H groups in total. The molecule has 0 atom stereocenters. The van der Waals surface area contributed by atoms with E-state index in [9.17, 15) is 0 Å². The molecule has 0 radical (unpaired) electrons. The van der Waals surface area contributed by atoms with Crippen molar-refractivity contribution < 1.29 is 4.74 Å². The number of rotatable bonds is 5. The predicted molar refractivity (Wildman–Crippen MR) is 72.8 cm³/mol. The van der Waals surface area contributed by atoms with Gasteiger partial charge in [0.2, 0.25) is 5.88 Å². The maximum absolute atomic E-state index is 5.07. The summed E-state index contributed by atoms with van der Waals surface area (Å²) in [6.45, 7) is 3.35. The molecule has 1 saturated carbocycles. The molecular weight excluding hydrogens is 226 g/mol. The van der Waals surface area contributed by atoms with Gasteiger partial charge in [0, 0.05) is 12.6 Å². The van der Waals surface area contributed by atoms with E-state index in [1.54, 1.807) is 7.11 Å². The normalized spacial score (nSPS) is 23.7. The molecule has 4 heteroatoms. The number of methoxy groups -OCH3 is 1. The van der Waals surface area contributed by atoms with Gasteiger partial charge in [0.05, 0.1) is 7.11 Å². The Kier molecular flexibility index (Phi) is 4.79. The van der Waals surface area contributed by atoms with Crippen molar-refractivity contribution in [3.05, 3.63) is 12.4 Å². The highest BCUT2D eigenvalue weighted by atomic mass is 16.5. The fraction of sp³-hybridized carbons (Fsp3) is 0.714. The van der Waals surface area contributed by atoms with Crippen LogP contribution in [0.4, 0.5) is 5.82 Å². The van der Waals surface area contributed by atoms with Gasteiger partial charge in [-0.15, -0.1) is 0 Å². The highest BCUT2D eigenvalue weighted by Gasteiger charge is 2.17. The van der Waals surface area contributed by atoms with Crippen molar-refractivity contribution in [3.8, 4) is 5.88 Å². The van der Waals surface area contributed by atoms with Crippen LogP contribution in [0.2, 0.25) is 0 Å². The van der Waals surface area contributed by atoms with Gasteiger partial charge in [0.1, 0.15) is 12.1 Å². The molecule has 0 saturated heterocycles. The van der Waals surface area contributed by atoms with Gasteiger partial charge in [-0.3, -0.25) is 0 Å². The van der Waals surface area contributed by atoms with E-state index in [-0.39, 0.29) is 0 Å². The van der Waals surface area contributed by atoms with Crippen molar-refractivity contribution in [2.24, 2.45) is 11.8 Å². The Balaban J connectivity index is 1.71. The first-order valence-corrected chi connectivity index (χ1v) is 6.88. The van der Waals surface area contributed by atoms with Gasteiger partial charge in [-0.2, -0.15) is 0 Å². The molecule has 1 fully saturated rings. The molecule has 1 aliphatic rings. The van der Waals surface area contributed by atoms with Crippen molar-refractivity contribution in [3.63, 3.8) is 0 Å². The third-order valence-corrected chi connectivity index (χ3v) is 3.85. The molecule has 100 valence electrons. The summed E-state index contributed by atoms with van der Waals surface area (Å²) < 4.78 is 5.07. The minimum absolute atomic E-state index is 0.610. The molecule has 1 heterocycles. The minimum Gasteiger partial charge on any atom is -0.481 e. The molecular formula is C14H23N3O. The summed E-state index contributed by atoms with van der Waals surface area (Å²) >= 11 is 0. The van der Waals surface area contributed by atoms with E-state index in [1.807, 2.05) is 6.07 Å². The fourth-order valence-electron chi connectivity index (χ4n) is 2.57. The number of hydrogen-bond donors (Lipinski definition) is 1. The van der Waals surface area contributed by atoms with E-state index in [4.69, 9.17) is 4.74 Å². The number of aromatic nitrogens is 2. The zero-order valence-electron chi connectivity index (χ0n) is 11.4. The summed E-state index contributed by atoms with van der Waals surface area (Å²) in [6.07, 6.45) is 8.33. The lowest BCUT2D eigenvalue weighted by atomic mass is 9.81. The van der Waals surface area contributed by atoms with Gasteiger partial charge in [-0.25, -0.2) is 9.97 Å².